The molecule has 2 rings (SSSR count). The summed E-state index contributed by atoms with van der Waals surface area (Å²) in [6.07, 6.45) is 0. The van der Waals surface area contributed by atoms with E-state index in [1.54, 1.807) is 42.5 Å². The molecule has 0 bridgehead atoms. The van der Waals surface area contributed by atoms with E-state index in [1.807, 2.05) is 0 Å². The van der Waals surface area contributed by atoms with Crippen molar-refractivity contribution in [3.63, 3.8) is 0 Å². The first-order valence-corrected chi connectivity index (χ1v) is 6.05. The van der Waals surface area contributed by atoms with E-state index in [1.165, 1.54) is 19.1 Å². The summed E-state index contributed by atoms with van der Waals surface area (Å²) in [5.41, 5.74) is 0.646. The van der Waals surface area contributed by atoms with Gasteiger partial charge in [-0.1, -0.05) is 36.4 Å². The van der Waals surface area contributed by atoms with E-state index in [2.05, 4.69) is 0 Å². The fraction of sp³-hybridized carbons (Fsp3) is 0.0625. The lowest BCUT2D eigenvalue weighted by Gasteiger charge is -1.99. The molecule has 0 aliphatic carbocycles. The minimum absolute atomic E-state index is 0.0602. The largest absolute Gasteiger partial charge is 0.478 e. The second-order valence-corrected chi connectivity index (χ2v) is 4.08. The molecular formula is C16H14O5. The Labute approximate surface area is 121 Å². The zero-order valence-electron chi connectivity index (χ0n) is 11.3. The van der Waals surface area contributed by atoms with E-state index in [-0.39, 0.29) is 16.9 Å². The number of rotatable bonds is 3. The molecule has 2 aromatic rings. The maximum atomic E-state index is 10.9. The van der Waals surface area contributed by atoms with Crippen LogP contribution in [0.3, 0.4) is 0 Å². The predicted molar refractivity (Wildman–Crippen MR) is 76.8 cm³/mol. The summed E-state index contributed by atoms with van der Waals surface area (Å²) in [5.74, 6) is -2.18. The number of carbonyl (C=O) groups is 3. The topological polar surface area (TPSA) is 91.7 Å². The highest BCUT2D eigenvalue weighted by Crippen LogP contribution is 2.08. The average Bonchev–Trinajstić information content (AvgIpc) is 2.48. The van der Waals surface area contributed by atoms with Crippen molar-refractivity contribution in [3.05, 3.63) is 71.3 Å². The van der Waals surface area contributed by atoms with Crippen LogP contribution in [0.4, 0.5) is 0 Å². The summed E-state index contributed by atoms with van der Waals surface area (Å²) in [6, 6.07) is 14.5. The lowest BCUT2D eigenvalue weighted by Crippen LogP contribution is -2.05. The van der Waals surface area contributed by atoms with E-state index >= 15 is 0 Å². The third-order valence-electron chi connectivity index (χ3n) is 2.56. The monoisotopic (exact) mass is 286 g/mol. The smallest absolute Gasteiger partial charge is 0.336 e. The molecule has 0 unspecified atom stereocenters. The zero-order valence-corrected chi connectivity index (χ0v) is 11.3. The number of hydrogen-bond donors (Lipinski definition) is 2. The van der Waals surface area contributed by atoms with Gasteiger partial charge >= 0.3 is 11.9 Å². The van der Waals surface area contributed by atoms with Crippen molar-refractivity contribution >= 4 is 17.7 Å². The van der Waals surface area contributed by atoms with Gasteiger partial charge in [0.25, 0.3) is 0 Å². The third-order valence-corrected chi connectivity index (χ3v) is 2.56. The van der Waals surface area contributed by atoms with Crippen LogP contribution in [0.2, 0.25) is 0 Å². The van der Waals surface area contributed by atoms with Crippen molar-refractivity contribution < 1.29 is 24.6 Å². The Morgan fingerprint density at radius 1 is 0.714 bits per heavy atom. The van der Waals surface area contributed by atoms with E-state index in [0.717, 1.165) is 0 Å². The van der Waals surface area contributed by atoms with Gasteiger partial charge in [-0.25, -0.2) is 9.59 Å². The third kappa shape index (κ3) is 4.91. The zero-order chi connectivity index (χ0) is 15.8. The summed E-state index contributed by atoms with van der Waals surface area (Å²) in [6.45, 7) is 1.35. The predicted octanol–water partition coefficient (Wildman–Crippen LogP) is 2.97. The van der Waals surface area contributed by atoms with Crippen LogP contribution >= 0.6 is 0 Å². The molecule has 0 spiro atoms. The number of carboxylic acids is 2. The lowest BCUT2D eigenvalue weighted by molar-refractivity contribution is 0.0684. The molecule has 21 heavy (non-hydrogen) atoms. The van der Waals surface area contributed by atoms with Crippen molar-refractivity contribution in [3.8, 4) is 0 Å². The molecule has 108 valence electrons. The summed E-state index contributed by atoms with van der Waals surface area (Å²) < 4.78 is 0. The SMILES string of the molecule is CC(=O)c1ccccc1C(=O)O.O=C(O)c1ccccc1. The maximum absolute atomic E-state index is 10.9. The Hall–Kier alpha value is -2.95. The molecule has 5 nitrogen and oxygen atoms in total. The van der Waals surface area contributed by atoms with E-state index < -0.39 is 11.9 Å². The number of hydrogen-bond acceptors (Lipinski definition) is 3. The van der Waals surface area contributed by atoms with Crippen molar-refractivity contribution in [2.75, 3.05) is 0 Å². The first-order chi connectivity index (χ1) is 9.93. The van der Waals surface area contributed by atoms with Crippen molar-refractivity contribution in [2.24, 2.45) is 0 Å². The molecule has 5 heteroatoms. The summed E-state index contributed by atoms with van der Waals surface area (Å²) in [7, 11) is 0. The Morgan fingerprint density at radius 3 is 1.52 bits per heavy atom. The van der Waals surface area contributed by atoms with Crippen LogP contribution in [0.1, 0.15) is 38.0 Å². The van der Waals surface area contributed by atoms with Crippen molar-refractivity contribution in [2.45, 2.75) is 6.92 Å². The number of benzene rings is 2. The minimum Gasteiger partial charge on any atom is -0.478 e. The van der Waals surface area contributed by atoms with Gasteiger partial charge in [-0.05, 0) is 25.1 Å². The number of Topliss-reactive ketones (excluding diaryl/α,β-unsaturated/α-hetero) is 1. The molecule has 0 fully saturated rings. The highest BCUT2D eigenvalue weighted by Gasteiger charge is 2.11. The number of carbonyl (C=O) groups excluding carboxylic acids is 1. The van der Waals surface area contributed by atoms with Crippen LogP contribution in [0.5, 0.6) is 0 Å². The van der Waals surface area contributed by atoms with Gasteiger partial charge in [0.15, 0.2) is 5.78 Å². The minimum atomic E-state index is -1.07. The Kier molecular flexibility index (Phi) is 5.82. The second kappa shape index (κ2) is 7.59. The van der Waals surface area contributed by atoms with Crippen LogP contribution in [-0.4, -0.2) is 27.9 Å². The standard InChI is InChI=1S/C9H8O3.C7H6O2/c1-6(10)7-4-2-3-5-8(7)9(11)12;8-7(9)6-4-2-1-3-5-6/h2-5H,1H3,(H,11,12);1-5H,(H,8,9). The van der Waals surface area contributed by atoms with E-state index in [9.17, 15) is 14.4 Å². The van der Waals surface area contributed by atoms with Gasteiger partial charge in [-0.3, -0.25) is 4.79 Å². The molecule has 0 atom stereocenters. The molecule has 0 amide bonds. The van der Waals surface area contributed by atoms with E-state index in [0.29, 0.717) is 5.56 Å². The lowest BCUT2D eigenvalue weighted by atomic mass is 10.1. The summed E-state index contributed by atoms with van der Waals surface area (Å²) in [4.78, 5) is 31.7. The van der Waals surface area contributed by atoms with Crippen molar-refractivity contribution in [1.82, 2.24) is 0 Å². The highest BCUT2D eigenvalue weighted by atomic mass is 16.4. The number of aromatic carboxylic acids is 2. The van der Waals surface area contributed by atoms with Gasteiger partial charge in [0.2, 0.25) is 0 Å². The molecule has 0 saturated carbocycles. The average molecular weight is 286 g/mol. The van der Waals surface area contributed by atoms with Gasteiger partial charge in [0.1, 0.15) is 0 Å². The molecule has 0 saturated heterocycles. The van der Waals surface area contributed by atoms with Gasteiger partial charge in [0.05, 0.1) is 11.1 Å². The number of carboxylic acid groups (broad SMARTS) is 2. The van der Waals surface area contributed by atoms with Crippen LogP contribution in [0, 0.1) is 0 Å². The van der Waals surface area contributed by atoms with Gasteiger partial charge in [0, 0.05) is 5.56 Å². The first-order valence-electron chi connectivity index (χ1n) is 6.05. The molecule has 0 radical (unpaired) electrons. The molecular weight excluding hydrogens is 272 g/mol. The van der Waals surface area contributed by atoms with E-state index in [4.69, 9.17) is 10.2 Å². The first kappa shape index (κ1) is 16.1. The van der Waals surface area contributed by atoms with Crippen LogP contribution < -0.4 is 0 Å². The Morgan fingerprint density at radius 2 is 1.19 bits per heavy atom. The Balaban J connectivity index is 0.000000219. The molecule has 0 aromatic heterocycles. The fourth-order valence-electron chi connectivity index (χ4n) is 1.56. The second-order valence-electron chi connectivity index (χ2n) is 4.08. The molecule has 2 N–H and O–H groups in total. The summed E-state index contributed by atoms with van der Waals surface area (Å²) >= 11 is 0. The van der Waals surface area contributed by atoms with Gasteiger partial charge < -0.3 is 10.2 Å². The number of ketones is 1. The fourth-order valence-corrected chi connectivity index (χ4v) is 1.56. The van der Waals surface area contributed by atoms with Crippen molar-refractivity contribution in [1.29, 1.82) is 0 Å². The van der Waals surface area contributed by atoms with Gasteiger partial charge in [-0.2, -0.15) is 0 Å². The summed E-state index contributed by atoms with van der Waals surface area (Å²) in [5, 5.41) is 17.0. The Bertz CT molecular complexity index is 614. The molecule has 0 heterocycles. The highest BCUT2D eigenvalue weighted by molar-refractivity contribution is 6.04. The normalized spacial score (nSPS) is 9.19. The quantitative estimate of drug-likeness (QED) is 0.846. The van der Waals surface area contributed by atoms with Gasteiger partial charge in [-0.15, -0.1) is 0 Å². The van der Waals surface area contributed by atoms with Crippen LogP contribution in [-0.2, 0) is 0 Å². The molecule has 0 aliphatic heterocycles. The molecule has 2 aromatic carbocycles. The van der Waals surface area contributed by atoms with Crippen LogP contribution in [0.15, 0.2) is 54.6 Å². The molecule has 0 aliphatic rings. The maximum Gasteiger partial charge on any atom is 0.336 e. The van der Waals surface area contributed by atoms with Crippen LogP contribution in [0.25, 0.3) is 0 Å².